The van der Waals surface area contributed by atoms with Crippen LogP contribution >= 0.6 is 0 Å². The molecule has 1 heterocycles. The van der Waals surface area contributed by atoms with Gasteiger partial charge in [0.1, 0.15) is 5.75 Å². The maximum absolute atomic E-state index is 12.6. The smallest absolute Gasteiger partial charge is 0.243 e. The van der Waals surface area contributed by atoms with Crippen molar-refractivity contribution in [3.8, 4) is 5.75 Å². The van der Waals surface area contributed by atoms with Gasteiger partial charge in [-0.1, -0.05) is 24.3 Å². The van der Waals surface area contributed by atoms with Gasteiger partial charge in [0.25, 0.3) is 0 Å². The number of benzene rings is 2. The van der Waals surface area contributed by atoms with Gasteiger partial charge in [0, 0.05) is 13.1 Å². The number of hydrogen-bond acceptors (Lipinski definition) is 4. The summed E-state index contributed by atoms with van der Waals surface area (Å²) >= 11 is 0. The Hall–Kier alpha value is -2.05. The summed E-state index contributed by atoms with van der Waals surface area (Å²) in [4.78, 5) is 0.0978. The molecule has 2 aromatic carbocycles. The Labute approximate surface area is 117 Å². The molecule has 0 fully saturated rings. The van der Waals surface area contributed by atoms with E-state index in [1.807, 2.05) is 24.3 Å². The van der Waals surface area contributed by atoms with Gasteiger partial charge < -0.3 is 10.8 Å². The van der Waals surface area contributed by atoms with Gasteiger partial charge in [-0.25, -0.2) is 8.42 Å². The number of phenols is 1. The molecular formula is C14H14N2O3S. The SMILES string of the molecule is Nc1cc(S(=O)(=O)N2Cc3ccccc3C2)ccc1O. The van der Waals surface area contributed by atoms with E-state index < -0.39 is 10.0 Å². The van der Waals surface area contributed by atoms with Crippen LogP contribution in [0.1, 0.15) is 11.1 Å². The predicted octanol–water partition coefficient (Wildman–Crippen LogP) is 1.68. The van der Waals surface area contributed by atoms with Crippen molar-refractivity contribution in [2.45, 2.75) is 18.0 Å². The zero-order valence-corrected chi connectivity index (χ0v) is 11.5. The minimum atomic E-state index is -3.60. The molecule has 1 aliphatic heterocycles. The van der Waals surface area contributed by atoms with Crippen LogP contribution < -0.4 is 5.73 Å². The predicted molar refractivity (Wildman–Crippen MR) is 75.4 cm³/mol. The number of rotatable bonds is 2. The van der Waals surface area contributed by atoms with Gasteiger partial charge in [0.2, 0.25) is 10.0 Å². The van der Waals surface area contributed by atoms with Gasteiger partial charge in [-0.05, 0) is 29.3 Å². The Morgan fingerprint density at radius 1 is 1.05 bits per heavy atom. The fourth-order valence-electron chi connectivity index (χ4n) is 2.31. The molecule has 0 aliphatic carbocycles. The fourth-order valence-corrected chi connectivity index (χ4v) is 3.75. The van der Waals surface area contributed by atoms with E-state index in [2.05, 4.69) is 0 Å². The van der Waals surface area contributed by atoms with Gasteiger partial charge in [-0.2, -0.15) is 4.31 Å². The molecule has 0 saturated heterocycles. The number of nitrogen functional groups attached to an aromatic ring is 1. The molecule has 0 bridgehead atoms. The highest BCUT2D eigenvalue weighted by Gasteiger charge is 2.30. The quantitative estimate of drug-likeness (QED) is 0.651. The molecule has 2 aromatic rings. The molecule has 3 N–H and O–H groups in total. The molecule has 0 saturated carbocycles. The van der Waals surface area contributed by atoms with Crippen molar-refractivity contribution in [1.29, 1.82) is 0 Å². The van der Waals surface area contributed by atoms with E-state index in [1.165, 1.54) is 22.5 Å². The van der Waals surface area contributed by atoms with Crippen molar-refractivity contribution in [3.63, 3.8) is 0 Å². The van der Waals surface area contributed by atoms with E-state index in [9.17, 15) is 13.5 Å². The van der Waals surface area contributed by atoms with Gasteiger partial charge in [-0.15, -0.1) is 0 Å². The summed E-state index contributed by atoms with van der Waals surface area (Å²) in [6.45, 7) is 0.721. The Bertz CT molecular complexity index is 747. The third-order valence-corrected chi connectivity index (χ3v) is 5.24. The summed E-state index contributed by atoms with van der Waals surface area (Å²) < 4.78 is 26.5. The highest BCUT2D eigenvalue weighted by atomic mass is 32.2. The average Bonchev–Trinajstić information content (AvgIpc) is 2.86. The van der Waals surface area contributed by atoms with Crippen LogP contribution in [0.5, 0.6) is 5.75 Å². The number of phenolic OH excluding ortho intramolecular Hbond substituents is 1. The second-order valence-electron chi connectivity index (χ2n) is 4.76. The van der Waals surface area contributed by atoms with Crippen molar-refractivity contribution in [2.24, 2.45) is 0 Å². The molecule has 6 heteroatoms. The molecule has 0 spiro atoms. The molecular weight excluding hydrogens is 276 g/mol. The minimum absolute atomic E-state index is 0.0581. The molecule has 3 rings (SSSR count). The maximum Gasteiger partial charge on any atom is 0.243 e. The summed E-state index contributed by atoms with van der Waals surface area (Å²) in [5, 5.41) is 9.38. The number of nitrogens with zero attached hydrogens (tertiary/aromatic N) is 1. The van der Waals surface area contributed by atoms with E-state index >= 15 is 0 Å². The molecule has 0 aromatic heterocycles. The highest BCUT2D eigenvalue weighted by molar-refractivity contribution is 7.89. The fraction of sp³-hybridized carbons (Fsp3) is 0.143. The van der Waals surface area contributed by atoms with Crippen LogP contribution in [0, 0.1) is 0 Å². The number of anilines is 1. The molecule has 0 atom stereocenters. The molecule has 104 valence electrons. The van der Waals surface area contributed by atoms with E-state index in [1.54, 1.807) is 0 Å². The monoisotopic (exact) mass is 290 g/mol. The van der Waals surface area contributed by atoms with Crippen molar-refractivity contribution < 1.29 is 13.5 Å². The van der Waals surface area contributed by atoms with Crippen molar-refractivity contribution in [2.75, 3.05) is 5.73 Å². The first-order chi connectivity index (χ1) is 9.48. The van der Waals surface area contributed by atoms with Gasteiger partial charge in [0.15, 0.2) is 0 Å². The van der Waals surface area contributed by atoms with Gasteiger partial charge in [-0.3, -0.25) is 0 Å². The average molecular weight is 290 g/mol. The summed E-state index contributed by atoms with van der Waals surface area (Å²) in [7, 11) is -3.60. The van der Waals surface area contributed by atoms with Crippen LogP contribution in [0.2, 0.25) is 0 Å². The second-order valence-corrected chi connectivity index (χ2v) is 6.70. The van der Waals surface area contributed by atoms with E-state index in [0.29, 0.717) is 13.1 Å². The summed E-state index contributed by atoms with van der Waals surface area (Å²) in [5.41, 5.74) is 7.66. The Balaban J connectivity index is 1.96. The lowest BCUT2D eigenvalue weighted by Gasteiger charge is -2.16. The lowest BCUT2D eigenvalue weighted by molar-refractivity contribution is 0.431. The van der Waals surface area contributed by atoms with Crippen LogP contribution in [0.3, 0.4) is 0 Å². The van der Waals surface area contributed by atoms with Crippen molar-refractivity contribution in [3.05, 3.63) is 53.6 Å². The molecule has 0 unspecified atom stereocenters. The maximum atomic E-state index is 12.6. The molecule has 5 nitrogen and oxygen atoms in total. The Morgan fingerprint density at radius 3 is 2.20 bits per heavy atom. The largest absolute Gasteiger partial charge is 0.506 e. The third-order valence-electron chi connectivity index (χ3n) is 3.45. The number of sulfonamides is 1. The first-order valence-electron chi connectivity index (χ1n) is 6.14. The lowest BCUT2D eigenvalue weighted by Crippen LogP contribution is -2.25. The van der Waals surface area contributed by atoms with Gasteiger partial charge in [0.05, 0.1) is 10.6 Å². The van der Waals surface area contributed by atoms with Crippen LogP contribution in [0.15, 0.2) is 47.4 Å². The summed E-state index contributed by atoms with van der Waals surface area (Å²) in [5.74, 6) is -0.117. The van der Waals surface area contributed by atoms with Crippen LogP contribution in [0.4, 0.5) is 5.69 Å². The lowest BCUT2D eigenvalue weighted by atomic mass is 10.1. The zero-order chi connectivity index (χ0) is 14.3. The standard InChI is InChI=1S/C14H14N2O3S/c15-13-7-12(5-6-14(13)17)20(18,19)16-8-10-3-1-2-4-11(10)9-16/h1-7,17H,8-9,15H2. The van der Waals surface area contributed by atoms with Crippen LogP contribution in [0.25, 0.3) is 0 Å². The van der Waals surface area contributed by atoms with Crippen LogP contribution in [-0.4, -0.2) is 17.8 Å². The normalized spacial score (nSPS) is 15.2. The van der Waals surface area contributed by atoms with Crippen LogP contribution in [-0.2, 0) is 23.1 Å². The molecule has 1 aliphatic rings. The second kappa shape index (κ2) is 4.50. The minimum Gasteiger partial charge on any atom is -0.506 e. The van der Waals surface area contributed by atoms with E-state index in [4.69, 9.17) is 5.73 Å². The molecule has 20 heavy (non-hydrogen) atoms. The van der Waals surface area contributed by atoms with Crippen molar-refractivity contribution in [1.82, 2.24) is 4.31 Å². The molecule has 0 radical (unpaired) electrons. The summed E-state index contributed by atoms with van der Waals surface area (Å²) in [6.07, 6.45) is 0. The summed E-state index contributed by atoms with van der Waals surface area (Å²) in [6, 6.07) is 11.6. The zero-order valence-electron chi connectivity index (χ0n) is 10.7. The topological polar surface area (TPSA) is 83.6 Å². The van der Waals surface area contributed by atoms with Crippen molar-refractivity contribution >= 4 is 15.7 Å². The molecule has 0 amide bonds. The number of aromatic hydroxyl groups is 1. The van der Waals surface area contributed by atoms with E-state index in [0.717, 1.165) is 11.1 Å². The Kier molecular flexibility index (Phi) is 2.92. The highest BCUT2D eigenvalue weighted by Crippen LogP contribution is 2.30. The Morgan fingerprint density at radius 2 is 1.65 bits per heavy atom. The first kappa shape index (κ1) is 13.0. The first-order valence-corrected chi connectivity index (χ1v) is 7.58. The number of hydrogen-bond donors (Lipinski definition) is 2. The number of nitrogens with two attached hydrogens (primary N) is 1. The number of fused-ring (bicyclic) bond motifs is 1. The van der Waals surface area contributed by atoms with Gasteiger partial charge >= 0.3 is 0 Å². The third kappa shape index (κ3) is 2.03. The van der Waals surface area contributed by atoms with E-state index in [-0.39, 0.29) is 16.3 Å².